The lowest BCUT2D eigenvalue weighted by Crippen LogP contribution is -2.35. The van der Waals surface area contributed by atoms with E-state index in [0.29, 0.717) is 25.4 Å². The lowest BCUT2D eigenvalue weighted by Gasteiger charge is -2.24. The number of ketones is 1. The summed E-state index contributed by atoms with van der Waals surface area (Å²) >= 11 is 13.7. The predicted molar refractivity (Wildman–Crippen MR) is 118 cm³/mol. The molecule has 0 aromatic carbocycles. The second kappa shape index (κ2) is 7.79. The summed E-state index contributed by atoms with van der Waals surface area (Å²) in [5, 5.41) is 1.06. The van der Waals surface area contributed by atoms with Gasteiger partial charge in [-0.2, -0.15) is 0 Å². The van der Waals surface area contributed by atoms with E-state index in [4.69, 9.17) is 37.4 Å². The molecule has 31 heavy (non-hydrogen) atoms. The van der Waals surface area contributed by atoms with Crippen LogP contribution in [0.4, 0.5) is 0 Å². The first-order chi connectivity index (χ1) is 14.8. The second-order valence-corrected chi connectivity index (χ2v) is 10.2. The highest BCUT2D eigenvalue weighted by Crippen LogP contribution is 2.45. The maximum Gasteiger partial charge on any atom is 0.204 e. The summed E-state index contributed by atoms with van der Waals surface area (Å²) in [6.07, 6.45) is 2.43. The molecule has 2 fully saturated rings. The molecular formula is C21H21Cl2N3O4S. The van der Waals surface area contributed by atoms with Gasteiger partial charge in [0.25, 0.3) is 0 Å². The fourth-order valence-electron chi connectivity index (χ4n) is 4.35. The van der Waals surface area contributed by atoms with E-state index in [0.717, 1.165) is 18.4 Å². The van der Waals surface area contributed by atoms with Gasteiger partial charge in [-0.3, -0.25) is 4.79 Å². The molecule has 10 heteroatoms. The van der Waals surface area contributed by atoms with Crippen LogP contribution in [0.1, 0.15) is 48.7 Å². The van der Waals surface area contributed by atoms with Crippen molar-refractivity contribution in [1.82, 2.24) is 14.5 Å². The fourth-order valence-corrected chi connectivity index (χ4v) is 5.80. The normalized spacial score (nSPS) is 27.1. The number of carbonyl (C=O) groups is 1. The number of nitrogens with zero attached hydrogens (tertiary/aromatic N) is 3. The van der Waals surface area contributed by atoms with Gasteiger partial charge in [-0.15, -0.1) is 11.3 Å². The number of fused-ring (bicyclic) bond motifs is 2. The predicted octanol–water partition coefficient (Wildman–Crippen LogP) is 5.05. The number of halogens is 2. The molecule has 0 amide bonds. The number of rotatable bonds is 5. The van der Waals surface area contributed by atoms with Gasteiger partial charge < -0.3 is 18.8 Å². The summed E-state index contributed by atoms with van der Waals surface area (Å²) in [4.78, 5) is 22.6. The summed E-state index contributed by atoms with van der Waals surface area (Å²) in [5.41, 5.74) is 1.55. The Morgan fingerprint density at radius 1 is 1.26 bits per heavy atom. The van der Waals surface area contributed by atoms with E-state index in [9.17, 15) is 4.79 Å². The molecule has 3 aromatic rings. The van der Waals surface area contributed by atoms with Crippen molar-refractivity contribution in [2.75, 3.05) is 0 Å². The fraction of sp³-hybridized carbons (Fsp3) is 0.476. The number of thiophene rings is 1. The Bertz CT molecular complexity index is 1160. The van der Waals surface area contributed by atoms with Crippen LogP contribution < -0.4 is 0 Å². The van der Waals surface area contributed by atoms with E-state index in [1.807, 2.05) is 36.7 Å². The quantitative estimate of drug-likeness (QED) is 0.374. The van der Waals surface area contributed by atoms with Gasteiger partial charge in [0.15, 0.2) is 18.1 Å². The van der Waals surface area contributed by atoms with E-state index in [2.05, 4.69) is 16.9 Å². The van der Waals surface area contributed by atoms with Gasteiger partial charge >= 0.3 is 0 Å². The molecule has 164 valence electrons. The zero-order valence-electron chi connectivity index (χ0n) is 17.2. The third-order valence-corrected chi connectivity index (χ3v) is 7.17. The number of hydrogen-bond donors (Lipinski definition) is 0. The number of aryl methyl sites for hydroxylation is 1. The molecule has 4 atom stereocenters. The summed E-state index contributed by atoms with van der Waals surface area (Å²) < 4.78 is 21.0. The number of Topliss-reactive ketones (excluding diaryl/α,β-unsaturated/α-hetero) is 1. The summed E-state index contributed by atoms with van der Waals surface area (Å²) in [6, 6.07) is 3.69. The smallest absolute Gasteiger partial charge is 0.204 e. The van der Waals surface area contributed by atoms with E-state index in [1.54, 1.807) is 0 Å². The van der Waals surface area contributed by atoms with Crippen LogP contribution in [-0.2, 0) is 20.6 Å². The highest BCUT2D eigenvalue weighted by atomic mass is 35.5. The van der Waals surface area contributed by atoms with Crippen LogP contribution >= 0.6 is 34.5 Å². The van der Waals surface area contributed by atoms with Crippen LogP contribution in [-0.4, -0.2) is 44.4 Å². The first-order valence-corrected chi connectivity index (χ1v) is 11.7. The molecule has 2 aliphatic heterocycles. The van der Waals surface area contributed by atoms with Gasteiger partial charge in [-0.05, 0) is 38.0 Å². The van der Waals surface area contributed by atoms with Crippen molar-refractivity contribution in [3.63, 3.8) is 0 Å². The third-order valence-electron chi connectivity index (χ3n) is 5.54. The maximum absolute atomic E-state index is 13.6. The average molecular weight is 482 g/mol. The van der Waals surface area contributed by atoms with Gasteiger partial charge in [0, 0.05) is 6.20 Å². The molecular weight excluding hydrogens is 461 g/mol. The standard InChI is InChI=1S/C21H21Cl2N3O4S/c1-4-5-10-8-12(22)31-17(10)13(27)14-15-16(30-21(2,3)29-15)20(28-14)26-7-6-11-18(23)24-9-25-19(11)26/h6-9,14-16,20H,4-5H2,1-3H3/t14-,15-,16-,20-/m1/s1. The Hall–Kier alpha value is -1.55. The van der Waals surface area contributed by atoms with Gasteiger partial charge in [-0.1, -0.05) is 36.5 Å². The highest BCUT2D eigenvalue weighted by Gasteiger charge is 2.58. The zero-order valence-corrected chi connectivity index (χ0v) is 19.5. The minimum Gasteiger partial charge on any atom is -0.341 e. The van der Waals surface area contributed by atoms with Gasteiger partial charge in [0.2, 0.25) is 5.78 Å². The van der Waals surface area contributed by atoms with Crippen LogP contribution in [0.3, 0.4) is 0 Å². The Balaban J connectivity index is 1.54. The largest absolute Gasteiger partial charge is 0.341 e. The molecule has 0 saturated carbocycles. The molecule has 3 aromatic heterocycles. The molecule has 2 aliphatic rings. The SMILES string of the molecule is CCCc1cc(Cl)sc1C(=O)[C@H]1O[C@@H](n2ccc3c(Cl)ncnc32)[C@@H]2OC(C)(C)O[C@@H]21. The van der Waals surface area contributed by atoms with Gasteiger partial charge in [0.05, 0.1) is 14.6 Å². The van der Waals surface area contributed by atoms with E-state index >= 15 is 0 Å². The number of hydrogen-bond acceptors (Lipinski definition) is 7. The number of carbonyl (C=O) groups excluding carboxylic acids is 1. The Labute approximate surface area is 193 Å². The Kier molecular flexibility index (Phi) is 5.36. The van der Waals surface area contributed by atoms with Crippen LogP contribution in [0.25, 0.3) is 11.0 Å². The molecule has 5 heterocycles. The first kappa shape index (κ1) is 21.3. The van der Waals surface area contributed by atoms with Gasteiger partial charge in [0.1, 0.15) is 29.3 Å². The lowest BCUT2D eigenvalue weighted by molar-refractivity contribution is -0.190. The van der Waals surface area contributed by atoms with Crippen LogP contribution in [0.2, 0.25) is 9.49 Å². The molecule has 0 unspecified atom stereocenters. The average Bonchev–Trinajstić information content (AvgIpc) is 3.44. The van der Waals surface area contributed by atoms with Crippen LogP contribution in [0, 0.1) is 0 Å². The molecule has 0 radical (unpaired) electrons. The lowest BCUT2D eigenvalue weighted by atomic mass is 10.0. The molecule has 0 N–H and O–H groups in total. The molecule has 0 aliphatic carbocycles. The number of aromatic nitrogens is 3. The third kappa shape index (κ3) is 3.59. The second-order valence-electron chi connectivity index (χ2n) is 8.16. The minimum atomic E-state index is -0.842. The monoisotopic (exact) mass is 481 g/mol. The molecule has 7 nitrogen and oxygen atoms in total. The van der Waals surface area contributed by atoms with Crippen molar-refractivity contribution in [2.24, 2.45) is 0 Å². The molecule has 0 bridgehead atoms. The van der Waals surface area contributed by atoms with Crippen LogP contribution in [0.5, 0.6) is 0 Å². The van der Waals surface area contributed by atoms with Crippen molar-refractivity contribution in [3.05, 3.63) is 44.6 Å². The molecule has 5 rings (SSSR count). The summed E-state index contributed by atoms with van der Waals surface area (Å²) in [7, 11) is 0. The van der Waals surface area contributed by atoms with Crippen molar-refractivity contribution >= 4 is 51.4 Å². The highest BCUT2D eigenvalue weighted by molar-refractivity contribution is 7.18. The first-order valence-electron chi connectivity index (χ1n) is 10.1. The molecule has 0 spiro atoms. The van der Waals surface area contributed by atoms with Gasteiger partial charge in [-0.25, -0.2) is 9.97 Å². The Morgan fingerprint density at radius 3 is 2.81 bits per heavy atom. The zero-order chi connectivity index (χ0) is 21.9. The van der Waals surface area contributed by atoms with Crippen molar-refractivity contribution < 1.29 is 19.0 Å². The van der Waals surface area contributed by atoms with Crippen molar-refractivity contribution in [1.29, 1.82) is 0 Å². The minimum absolute atomic E-state index is 0.136. The van der Waals surface area contributed by atoms with E-state index in [-0.39, 0.29) is 5.78 Å². The molecule has 2 saturated heterocycles. The Morgan fingerprint density at radius 2 is 2.03 bits per heavy atom. The van der Waals surface area contributed by atoms with Crippen molar-refractivity contribution in [3.8, 4) is 0 Å². The number of ether oxygens (including phenoxy) is 3. The van der Waals surface area contributed by atoms with E-state index in [1.165, 1.54) is 17.7 Å². The summed E-state index contributed by atoms with van der Waals surface area (Å²) in [5.74, 6) is -0.978. The topological polar surface area (TPSA) is 75.5 Å². The van der Waals surface area contributed by atoms with Crippen molar-refractivity contribution in [2.45, 2.75) is 63.9 Å². The van der Waals surface area contributed by atoms with Crippen LogP contribution in [0.15, 0.2) is 24.7 Å². The van der Waals surface area contributed by atoms with E-state index < -0.39 is 30.3 Å². The summed E-state index contributed by atoms with van der Waals surface area (Å²) in [6.45, 7) is 5.74. The maximum atomic E-state index is 13.6.